The van der Waals surface area contributed by atoms with Crippen LogP contribution >= 0.6 is 0 Å². The van der Waals surface area contributed by atoms with Gasteiger partial charge in [0.25, 0.3) is 0 Å². The van der Waals surface area contributed by atoms with E-state index in [2.05, 4.69) is 5.32 Å². The first-order valence-electron chi connectivity index (χ1n) is 10.0. The zero-order valence-electron chi connectivity index (χ0n) is 18.8. The predicted molar refractivity (Wildman–Crippen MR) is 119 cm³/mol. The lowest BCUT2D eigenvalue weighted by molar-refractivity contribution is -0.137. The number of carbonyl (C=O) groups is 1. The number of amides is 1. The third kappa shape index (κ3) is 7.28. The number of hydrogen-bond donors (Lipinski definition) is 1. The second-order valence-electron chi connectivity index (χ2n) is 7.38. The monoisotopic (exact) mass is 488 g/mol. The van der Waals surface area contributed by atoms with E-state index in [-0.39, 0.29) is 31.0 Å². The summed E-state index contributed by atoms with van der Waals surface area (Å²) in [5.41, 5.74) is -0.360. The smallest absolute Gasteiger partial charge is 0.416 e. The minimum atomic E-state index is -4.60. The van der Waals surface area contributed by atoms with Crippen molar-refractivity contribution in [2.24, 2.45) is 0 Å². The summed E-state index contributed by atoms with van der Waals surface area (Å²) in [4.78, 5) is 12.4. The maximum Gasteiger partial charge on any atom is 0.416 e. The van der Waals surface area contributed by atoms with Crippen molar-refractivity contribution < 1.29 is 35.9 Å². The Morgan fingerprint density at radius 1 is 1.12 bits per heavy atom. The Bertz CT molecular complexity index is 1070. The first-order chi connectivity index (χ1) is 15.4. The summed E-state index contributed by atoms with van der Waals surface area (Å²) in [5.74, 6) is 0.818. The average molecular weight is 489 g/mol. The van der Waals surface area contributed by atoms with E-state index in [0.717, 1.165) is 28.8 Å². The van der Waals surface area contributed by atoms with E-state index >= 15 is 0 Å². The molecule has 0 aromatic heterocycles. The third-order valence-electron chi connectivity index (χ3n) is 4.91. The highest BCUT2D eigenvalue weighted by Gasteiger charge is 2.31. The van der Waals surface area contributed by atoms with Gasteiger partial charge in [0.05, 0.1) is 37.8 Å². The molecular formula is C22H27F3N2O5S. The molecule has 0 bridgehead atoms. The molecular weight excluding hydrogens is 461 g/mol. The fourth-order valence-corrected chi connectivity index (χ4v) is 4.23. The number of methoxy groups -OCH3 is 2. The Labute approximate surface area is 191 Å². The molecule has 0 fully saturated rings. The first-order valence-corrected chi connectivity index (χ1v) is 11.9. The molecule has 0 aliphatic heterocycles. The van der Waals surface area contributed by atoms with Crippen LogP contribution in [0.1, 0.15) is 36.9 Å². The molecule has 182 valence electrons. The molecule has 0 saturated carbocycles. The Morgan fingerprint density at radius 2 is 1.82 bits per heavy atom. The Hall–Kier alpha value is -2.95. The Morgan fingerprint density at radius 3 is 2.39 bits per heavy atom. The van der Waals surface area contributed by atoms with Crippen molar-refractivity contribution >= 4 is 21.6 Å². The van der Waals surface area contributed by atoms with Gasteiger partial charge < -0.3 is 14.8 Å². The number of nitrogens with zero attached hydrogens (tertiary/aromatic N) is 1. The fraction of sp³-hybridized carbons (Fsp3) is 0.409. The molecule has 2 rings (SSSR count). The lowest BCUT2D eigenvalue weighted by atomic mass is 10.1. The summed E-state index contributed by atoms with van der Waals surface area (Å²) in [7, 11) is -0.829. The molecule has 0 unspecified atom stereocenters. The third-order valence-corrected chi connectivity index (χ3v) is 6.10. The molecule has 2 aromatic carbocycles. The van der Waals surface area contributed by atoms with E-state index in [4.69, 9.17) is 9.47 Å². The SMILES string of the molecule is COc1ccc(OC)c([C@@H](C)NC(=O)CCCN(c2cccc(C(F)(F)F)c2)S(C)(=O)=O)c1. The lowest BCUT2D eigenvalue weighted by Crippen LogP contribution is -2.32. The fourth-order valence-electron chi connectivity index (χ4n) is 3.28. The molecule has 0 radical (unpaired) electrons. The van der Waals surface area contributed by atoms with Gasteiger partial charge in [-0.15, -0.1) is 0 Å². The average Bonchev–Trinajstić information content (AvgIpc) is 2.74. The van der Waals surface area contributed by atoms with Gasteiger partial charge in [0.15, 0.2) is 0 Å². The molecule has 1 amide bonds. The van der Waals surface area contributed by atoms with Crippen molar-refractivity contribution in [3.05, 3.63) is 53.6 Å². The normalized spacial score (nSPS) is 12.7. The van der Waals surface area contributed by atoms with Crippen LogP contribution in [0.5, 0.6) is 11.5 Å². The number of benzene rings is 2. The summed E-state index contributed by atoms with van der Waals surface area (Å²) in [6.07, 6.45) is -3.61. The second kappa shape index (κ2) is 10.8. The van der Waals surface area contributed by atoms with Gasteiger partial charge >= 0.3 is 6.18 Å². The number of hydrogen-bond acceptors (Lipinski definition) is 5. The maximum atomic E-state index is 13.0. The summed E-state index contributed by atoms with van der Waals surface area (Å²) in [5, 5.41) is 2.81. The van der Waals surface area contributed by atoms with Crippen LogP contribution in [-0.2, 0) is 21.0 Å². The van der Waals surface area contributed by atoms with Gasteiger partial charge in [-0.25, -0.2) is 8.42 Å². The molecule has 0 spiro atoms. The standard InChI is InChI=1S/C22H27F3N2O5S/c1-15(19-14-18(31-2)10-11-20(19)32-3)26-21(28)9-6-12-27(33(4,29)30)17-8-5-7-16(13-17)22(23,24)25/h5,7-8,10-11,13-15H,6,9,12H2,1-4H3,(H,26,28)/t15-/m1/s1. The minimum Gasteiger partial charge on any atom is -0.497 e. The quantitative estimate of drug-likeness (QED) is 0.543. The molecule has 33 heavy (non-hydrogen) atoms. The molecule has 2 aromatic rings. The molecule has 0 saturated heterocycles. The summed E-state index contributed by atoms with van der Waals surface area (Å²) < 4.78 is 74.8. The van der Waals surface area contributed by atoms with Crippen LogP contribution in [0.4, 0.5) is 18.9 Å². The number of rotatable bonds is 10. The van der Waals surface area contributed by atoms with Gasteiger partial charge in [0, 0.05) is 18.5 Å². The van der Waals surface area contributed by atoms with Gasteiger partial charge in [-0.3, -0.25) is 9.10 Å². The predicted octanol–water partition coefficient (Wildman–Crippen LogP) is 4.15. The van der Waals surface area contributed by atoms with Crippen molar-refractivity contribution in [2.75, 3.05) is 31.3 Å². The summed E-state index contributed by atoms with van der Waals surface area (Å²) in [6.45, 7) is 1.62. The van der Waals surface area contributed by atoms with Gasteiger partial charge in [-0.1, -0.05) is 6.07 Å². The number of alkyl halides is 3. The highest BCUT2D eigenvalue weighted by atomic mass is 32.2. The minimum absolute atomic E-state index is 0.0262. The Balaban J connectivity index is 2.06. The van der Waals surface area contributed by atoms with Crippen molar-refractivity contribution in [3.63, 3.8) is 0 Å². The molecule has 0 heterocycles. The molecule has 11 heteroatoms. The van der Waals surface area contributed by atoms with E-state index in [0.29, 0.717) is 17.1 Å². The number of carbonyl (C=O) groups excluding carboxylic acids is 1. The van der Waals surface area contributed by atoms with E-state index in [1.54, 1.807) is 25.1 Å². The van der Waals surface area contributed by atoms with Crippen LogP contribution in [0.2, 0.25) is 0 Å². The van der Waals surface area contributed by atoms with E-state index in [9.17, 15) is 26.4 Å². The lowest BCUT2D eigenvalue weighted by Gasteiger charge is -2.23. The van der Waals surface area contributed by atoms with Gasteiger partial charge in [-0.05, 0) is 49.7 Å². The van der Waals surface area contributed by atoms with Crippen LogP contribution in [0.3, 0.4) is 0 Å². The van der Waals surface area contributed by atoms with E-state index in [1.165, 1.54) is 20.3 Å². The van der Waals surface area contributed by atoms with Gasteiger partial charge in [0.1, 0.15) is 11.5 Å². The van der Waals surface area contributed by atoms with Crippen molar-refractivity contribution in [1.82, 2.24) is 5.32 Å². The molecule has 7 nitrogen and oxygen atoms in total. The van der Waals surface area contributed by atoms with Crippen molar-refractivity contribution in [3.8, 4) is 11.5 Å². The number of nitrogens with one attached hydrogen (secondary N) is 1. The zero-order valence-corrected chi connectivity index (χ0v) is 19.6. The zero-order chi connectivity index (χ0) is 24.8. The number of sulfonamides is 1. The van der Waals surface area contributed by atoms with Gasteiger partial charge in [-0.2, -0.15) is 13.2 Å². The van der Waals surface area contributed by atoms with Crippen LogP contribution in [0, 0.1) is 0 Å². The van der Waals surface area contributed by atoms with Crippen molar-refractivity contribution in [2.45, 2.75) is 32.0 Å². The number of anilines is 1. The van der Waals surface area contributed by atoms with E-state index in [1.807, 2.05) is 0 Å². The van der Waals surface area contributed by atoms with Crippen LogP contribution < -0.4 is 19.1 Å². The van der Waals surface area contributed by atoms with Crippen LogP contribution in [-0.4, -0.2) is 41.3 Å². The maximum absolute atomic E-state index is 13.0. The Kier molecular flexibility index (Phi) is 8.59. The number of halogens is 3. The van der Waals surface area contributed by atoms with Crippen LogP contribution in [0.15, 0.2) is 42.5 Å². The van der Waals surface area contributed by atoms with Crippen LogP contribution in [0.25, 0.3) is 0 Å². The number of ether oxygens (including phenoxy) is 2. The largest absolute Gasteiger partial charge is 0.497 e. The van der Waals surface area contributed by atoms with Gasteiger partial charge in [0.2, 0.25) is 15.9 Å². The topological polar surface area (TPSA) is 84.9 Å². The second-order valence-corrected chi connectivity index (χ2v) is 9.29. The molecule has 0 aliphatic carbocycles. The molecule has 0 aliphatic rings. The molecule has 1 N–H and O–H groups in total. The van der Waals surface area contributed by atoms with E-state index < -0.39 is 27.8 Å². The summed E-state index contributed by atoms with van der Waals surface area (Å²) >= 11 is 0. The first kappa shape index (κ1) is 26.3. The van der Waals surface area contributed by atoms with Crippen molar-refractivity contribution in [1.29, 1.82) is 0 Å². The molecule has 1 atom stereocenters. The summed E-state index contributed by atoms with van der Waals surface area (Å²) in [6, 6.07) is 8.84. The highest BCUT2D eigenvalue weighted by Crippen LogP contribution is 2.32. The highest BCUT2D eigenvalue weighted by molar-refractivity contribution is 7.92.